The highest BCUT2D eigenvalue weighted by molar-refractivity contribution is 5.77. The van der Waals surface area contributed by atoms with Crippen LogP contribution >= 0.6 is 0 Å². The number of nitrogens with zero attached hydrogens (tertiary/aromatic N) is 1. The number of carboxylic acid groups (broad SMARTS) is 1. The molecule has 0 aromatic heterocycles. The van der Waals surface area contributed by atoms with Gasteiger partial charge in [-0.3, -0.25) is 9.69 Å². The van der Waals surface area contributed by atoms with E-state index < -0.39 is 11.5 Å². The highest BCUT2D eigenvalue weighted by Gasteiger charge is 2.36. The molecule has 0 spiro atoms. The molecule has 21 heavy (non-hydrogen) atoms. The van der Waals surface area contributed by atoms with Crippen molar-refractivity contribution in [2.75, 3.05) is 6.54 Å². The van der Waals surface area contributed by atoms with Gasteiger partial charge in [0.2, 0.25) is 0 Å². The third-order valence-electron chi connectivity index (χ3n) is 4.16. The zero-order valence-electron chi connectivity index (χ0n) is 14.2. The molecule has 1 unspecified atom stereocenters. The fourth-order valence-corrected chi connectivity index (χ4v) is 2.86. The fourth-order valence-electron chi connectivity index (χ4n) is 2.86. The average Bonchev–Trinajstić information content (AvgIpc) is 2.39. The first-order valence-corrected chi connectivity index (χ1v) is 7.79. The first-order chi connectivity index (χ1) is 9.70. The number of rotatable bonds is 7. The lowest BCUT2D eigenvalue weighted by atomic mass is 9.95. The van der Waals surface area contributed by atoms with E-state index in [4.69, 9.17) is 0 Å². The Balaban J connectivity index is 2.95. The third-order valence-corrected chi connectivity index (χ3v) is 4.16. The van der Waals surface area contributed by atoms with E-state index in [0.717, 1.165) is 6.42 Å². The van der Waals surface area contributed by atoms with Gasteiger partial charge in [-0.1, -0.05) is 45.0 Å². The Hall–Kier alpha value is -1.35. The molecule has 1 N–H and O–H groups in total. The van der Waals surface area contributed by atoms with E-state index in [9.17, 15) is 9.90 Å². The standard InChI is InChI=1S/C18H29NO2/c1-7-19(18(5,6)17(20)21)14(4)16-10-8-15(9-11-16)12-13(2)3/h8-11,13-14H,7,12H2,1-6H3,(H,20,21). The van der Waals surface area contributed by atoms with Gasteiger partial charge in [-0.25, -0.2) is 0 Å². The van der Waals surface area contributed by atoms with Crippen LogP contribution in [0, 0.1) is 5.92 Å². The lowest BCUT2D eigenvalue weighted by Gasteiger charge is -2.39. The van der Waals surface area contributed by atoms with Crippen molar-refractivity contribution in [1.82, 2.24) is 4.90 Å². The second-order valence-electron chi connectivity index (χ2n) is 6.67. The lowest BCUT2D eigenvalue weighted by Crippen LogP contribution is -2.50. The Labute approximate surface area is 129 Å². The van der Waals surface area contributed by atoms with Crippen molar-refractivity contribution in [1.29, 1.82) is 0 Å². The molecule has 0 saturated heterocycles. The molecular weight excluding hydrogens is 262 g/mol. The number of benzene rings is 1. The number of likely N-dealkylation sites (N-methyl/N-ethyl adjacent to an activating group) is 1. The van der Waals surface area contributed by atoms with Crippen molar-refractivity contribution in [2.24, 2.45) is 5.92 Å². The van der Waals surface area contributed by atoms with Crippen LogP contribution in [-0.2, 0) is 11.2 Å². The molecule has 0 radical (unpaired) electrons. The van der Waals surface area contributed by atoms with Crippen molar-refractivity contribution in [3.05, 3.63) is 35.4 Å². The predicted molar refractivity (Wildman–Crippen MR) is 87.5 cm³/mol. The van der Waals surface area contributed by atoms with Gasteiger partial charge >= 0.3 is 5.97 Å². The molecule has 0 amide bonds. The number of carboxylic acids is 1. The summed E-state index contributed by atoms with van der Waals surface area (Å²) < 4.78 is 0. The Morgan fingerprint density at radius 2 is 1.71 bits per heavy atom. The van der Waals surface area contributed by atoms with E-state index in [2.05, 4.69) is 45.0 Å². The summed E-state index contributed by atoms with van der Waals surface area (Å²) in [5.74, 6) is -0.140. The Morgan fingerprint density at radius 1 is 1.19 bits per heavy atom. The van der Waals surface area contributed by atoms with Crippen LogP contribution in [-0.4, -0.2) is 28.1 Å². The first kappa shape index (κ1) is 17.7. The van der Waals surface area contributed by atoms with Crippen LogP contribution < -0.4 is 0 Å². The zero-order valence-corrected chi connectivity index (χ0v) is 14.2. The minimum atomic E-state index is -0.870. The molecule has 1 atom stereocenters. The lowest BCUT2D eigenvalue weighted by molar-refractivity contribution is -0.150. The van der Waals surface area contributed by atoms with Crippen molar-refractivity contribution >= 4 is 5.97 Å². The van der Waals surface area contributed by atoms with Crippen molar-refractivity contribution in [2.45, 2.75) is 59.5 Å². The maximum Gasteiger partial charge on any atom is 0.323 e. The molecule has 1 aromatic carbocycles. The smallest absolute Gasteiger partial charge is 0.323 e. The molecule has 0 aliphatic rings. The van der Waals surface area contributed by atoms with E-state index in [-0.39, 0.29) is 6.04 Å². The summed E-state index contributed by atoms with van der Waals surface area (Å²) in [6.45, 7) is 12.7. The van der Waals surface area contributed by atoms with Crippen LogP contribution in [0.2, 0.25) is 0 Å². The maximum absolute atomic E-state index is 11.5. The highest BCUT2D eigenvalue weighted by atomic mass is 16.4. The van der Waals surface area contributed by atoms with Gasteiger partial charge in [0.25, 0.3) is 0 Å². The van der Waals surface area contributed by atoms with Crippen molar-refractivity contribution < 1.29 is 9.90 Å². The number of carbonyl (C=O) groups is 1. The predicted octanol–water partition coefficient (Wildman–Crippen LogP) is 4.13. The molecular formula is C18H29NO2. The normalized spacial score (nSPS) is 13.7. The first-order valence-electron chi connectivity index (χ1n) is 7.79. The van der Waals surface area contributed by atoms with E-state index in [1.54, 1.807) is 13.8 Å². The van der Waals surface area contributed by atoms with Crippen LogP contribution in [0.1, 0.15) is 58.7 Å². The van der Waals surface area contributed by atoms with Crippen LogP contribution in [0.4, 0.5) is 0 Å². The van der Waals surface area contributed by atoms with Crippen molar-refractivity contribution in [3.63, 3.8) is 0 Å². The number of hydrogen-bond acceptors (Lipinski definition) is 2. The summed E-state index contributed by atoms with van der Waals surface area (Å²) in [7, 11) is 0. The Morgan fingerprint density at radius 3 is 2.10 bits per heavy atom. The van der Waals surface area contributed by atoms with Gasteiger partial charge in [0.05, 0.1) is 0 Å². The van der Waals surface area contributed by atoms with E-state index in [1.165, 1.54) is 11.1 Å². The second kappa shape index (κ2) is 7.08. The van der Waals surface area contributed by atoms with Gasteiger partial charge in [0.15, 0.2) is 0 Å². The van der Waals surface area contributed by atoms with Crippen LogP contribution in [0.15, 0.2) is 24.3 Å². The Bertz CT molecular complexity index is 463. The molecule has 0 bridgehead atoms. The molecule has 1 rings (SSSR count). The van der Waals surface area contributed by atoms with Gasteiger partial charge in [-0.15, -0.1) is 0 Å². The molecule has 0 fully saturated rings. The number of aliphatic carboxylic acids is 1. The molecule has 1 aromatic rings. The summed E-state index contributed by atoms with van der Waals surface area (Å²) in [6.07, 6.45) is 1.08. The molecule has 118 valence electrons. The van der Waals surface area contributed by atoms with Gasteiger partial charge in [0.1, 0.15) is 5.54 Å². The fraction of sp³-hybridized carbons (Fsp3) is 0.611. The quantitative estimate of drug-likeness (QED) is 0.821. The monoisotopic (exact) mass is 291 g/mol. The van der Waals surface area contributed by atoms with Gasteiger partial charge in [-0.05, 0) is 50.8 Å². The molecule has 0 aliphatic heterocycles. The third kappa shape index (κ3) is 4.31. The summed E-state index contributed by atoms with van der Waals surface area (Å²) in [6, 6.07) is 8.65. The van der Waals surface area contributed by atoms with E-state index >= 15 is 0 Å². The number of hydrogen-bond donors (Lipinski definition) is 1. The largest absolute Gasteiger partial charge is 0.480 e. The van der Waals surface area contributed by atoms with Crippen molar-refractivity contribution in [3.8, 4) is 0 Å². The average molecular weight is 291 g/mol. The molecule has 0 aliphatic carbocycles. The summed E-state index contributed by atoms with van der Waals surface area (Å²) in [5.41, 5.74) is 1.63. The zero-order chi connectivity index (χ0) is 16.2. The molecule has 3 nitrogen and oxygen atoms in total. The maximum atomic E-state index is 11.5. The molecule has 0 saturated carbocycles. The topological polar surface area (TPSA) is 40.5 Å². The minimum absolute atomic E-state index is 0.0780. The Kier molecular flexibility index (Phi) is 5.97. The molecule has 3 heteroatoms. The summed E-state index contributed by atoms with van der Waals surface area (Å²) in [4.78, 5) is 13.5. The van der Waals surface area contributed by atoms with Crippen LogP contribution in [0.5, 0.6) is 0 Å². The minimum Gasteiger partial charge on any atom is -0.480 e. The SMILES string of the molecule is CCN(C(C)c1ccc(CC(C)C)cc1)C(C)(C)C(=O)O. The summed E-state index contributed by atoms with van der Waals surface area (Å²) >= 11 is 0. The van der Waals surface area contributed by atoms with Gasteiger partial charge in [-0.2, -0.15) is 0 Å². The highest BCUT2D eigenvalue weighted by Crippen LogP contribution is 2.28. The van der Waals surface area contributed by atoms with Gasteiger partial charge < -0.3 is 5.11 Å². The molecule has 0 heterocycles. The van der Waals surface area contributed by atoms with Crippen LogP contribution in [0.25, 0.3) is 0 Å². The summed E-state index contributed by atoms with van der Waals surface area (Å²) in [5, 5.41) is 9.44. The van der Waals surface area contributed by atoms with Crippen LogP contribution in [0.3, 0.4) is 0 Å². The second-order valence-corrected chi connectivity index (χ2v) is 6.67. The van der Waals surface area contributed by atoms with E-state index in [1.807, 2.05) is 11.8 Å². The van der Waals surface area contributed by atoms with Gasteiger partial charge in [0, 0.05) is 6.04 Å². The van der Waals surface area contributed by atoms with E-state index in [0.29, 0.717) is 12.5 Å².